The second-order valence-electron chi connectivity index (χ2n) is 7.49. The lowest BCUT2D eigenvalue weighted by molar-refractivity contribution is 0.179. The molecule has 0 saturated carbocycles. The van der Waals surface area contributed by atoms with Gasteiger partial charge in [0.1, 0.15) is 0 Å². The molecule has 1 saturated heterocycles. The maximum atomic E-state index is 12.6. The molecule has 1 aromatic heterocycles. The van der Waals surface area contributed by atoms with Gasteiger partial charge in [-0.2, -0.15) is 0 Å². The number of benzene rings is 1. The number of nitrogens with zero attached hydrogens (tertiary/aromatic N) is 4. The summed E-state index contributed by atoms with van der Waals surface area (Å²) in [4.78, 5) is 22.1. The van der Waals surface area contributed by atoms with Crippen LogP contribution in [-0.4, -0.2) is 46.7 Å². The second kappa shape index (κ2) is 8.02. The topological polar surface area (TPSA) is 53.4 Å². The molecule has 1 aromatic carbocycles. The van der Waals surface area contributed by atoms with Crippen molar-refractivity contribution < 1.29 is 0 Å². The summed E-state index contributed by atoms with van der Waals surface area (Å²) in [6.45, 7) is 6.61. The summed E-state index contributed by atoms with van der Waals surface area (Å²) in [6, 6.07) is 12.6. The Morgan fingerprint density at radius 1 is 1.21 bits per heavy atom. The average Bonchev–Trinajstić information content (AvgIpc) is 2.73. The Morgan fingerprint density at radius 2 is 2.04 bits per heavy atom. The summed E-state index contributed by atoms with van der Waals surface area (Å²) in [5.74, 6) is 0.751. The van der Waals surface area contributed by atoms with Crippen LogP contribution in [0.15, 0.2) is 59.5 Å². The molecule has 0 aliphatic carbocycles. The van der Waals surface area contributed by atoms with E-state index in [1.54, 1.807) is 10.6 Å². The molecular weight excluding hydrogens is 350 g/mol. The van der Waals surface area contributed by atoms with Crippen LogP contribution in [0.2, 0.25) is 0 Å². The number of nitrogens with one attached hydrogen (secondary N) is 1. The normalized spacial score (nSPS) is 20.0. The van der Waals surface area contributed by atoms with Crippen molar-refractivity contribution in [3.63, 3.8) is 0 Å². The van der Waals surface area contributed by atoms with E-state index in [1.165, 1.54) is 5.56 Å². The summed E-state index contributed by atoms with van der Waals surface area (Å²) in [5.41, 5.74) is 3.05. The van der Waals surface area contributed by atoms with E-state index < -0.39 is 0 Å². The fourth-order valence-corrected chi connectivity index (χ4v) is 3.83. The lowest BCUT2D eigenvalue weighted by atomic mass is 10.1. The van der Waals surface area contributed by atoms with E-state index in [1.807, 2.05) is 19.3 Å². The van der Waals surface area contributed by atoms with Gasteiger partial charge in [0, 0.05) is 51.9 Å². The zero-order valence-corrected chi connectivity index (χ0v) is 16.5. The molecule has 2 aliphatic rings. The number of piperazine rings is 1. The lowest BCUT2D eigenvalue weighted by Gasteiger charge is -2.40. The fraction of sp³-hybridized carbons (Fsp3) is 0.364. The van der Waals surface area contributed by atoms with Crippen LogP contribution < -0.4 is 15.8 Å². The summed E-state index contributed by atoms with van der Waals surface area (Å²) in [5, 5.41) is 3.14. The quantitative estimate of drug-likeness (QED) is 0.883. The van der Waals surface area contributed by atoms with Gasteiger partial charge in [-0.15, -0.1) is 0 Å². The monoisotopic (exact) mass is 377 g/mol. The van der Waals surface area contributed by atoms with E-state index in [4.69, 9.17) is 4.98 Å². The molecule has 0 amide bonds. The average molecular weight is 377 g/mol. The first-order valence-electron chi connectivity index (χ1n) is 9.83. The van der Waals surface area contributed by atoms with Crippen LogP contribution in [0.4, 0.5) is 5.95 Å². The molecule has 0 radical (unpaired) electrons. The molecule has 0 bridgehead atoms. The summed E-state index contributed by atoms with van der Waals surface area (Å²) in [7, 11) is 1.81. The highest BCUT2D eigenvalue weighted by Gasteiger charge is 2.26. The zero-order chi connectivity index (χ0) is 19.5. The molecule has 0 unspecified atom stereocenters. The highest BCUT2D eigenvalue weighted by atomic mass is 16.1. The number of aromatic nitrogens is 2. The lowest BCUT2D eigenvalue weighted by Crippen LogP contribution is -2.52. The summed E-state index contributed by atoms with van der Waals surface area (Å²) >= 11 is 0. The highest BCUT2D eigenvalue weighted by molar-refractivity contribution is 5.73. The predicted molar refractivity (Wildman–Crippen MR) is 113 cm³/mol. The van der Waals surface area contributed by atoms with Crippen molar-refractivity contribution >= 4 is 11.5 Å². The van der Waals surface area contributed by atoms with Gasteiger partial charge in [-0.25, -0.2) is 4.98 Å². The van der Waals surface area contributed by atoms with Gasteiger partial charge in [-0.3, -0.25) is 14.3 Å². The first kappa shape index (κ1) is 18.5. The molecule has 3 heterocycles. The maximum Gasteiger partial charge on any atom is 0.255 e. The molecule has 1 N–H and O–H groups in total. The van der Waals surface area contributed by atoms with Gasteiger partial charge in [0.2, 0.25) is 5.95 Å². The molecule has 1 fully saturated rings. The molecule has 4 rings (SSSR count). The number of hydrogen-bond donors (Lipinski definition) is 1. The molecule has 1 atom stereocenters. The van der Waals surface area contributed by atoms with E-state index in [0.29, 0.717) is 6.04 Å². The van der Waals surface area contributed by atoms with Crippen LogP contribution in [0.5, 0.6) is 0 Å². The van der Waals surface area contributed by atoms with E-state index in [9.17, 15) is 4.79 Å². The molecule has 146 valence electrons. The van der Waals surface area contributed by atoms with Crippen LogP contribution in [0.3, 0.4) is 0 Å². The Morgan fingerprint density at radius 3 is 2.75 bits per heavy atom. The minimum absolute atomic E-state index is 0.0211. The van der Waals surface area contributed by atoms with Crippen molar-refractivity contribution in [2.24, 2.45) is 7.05 Å². The number of hydrogen-bond acceptors (Lipinski definition) is 5. The Balaban J connectivity index is 1.53. The SMILES string of the molecule is C[C@H]1CN(c2nc(C3=CCNC=C3)cc(=O)n2C)CCN1Cc1ccccc1. The maximum absolute atomic E-state index is 12.6. The standard InChI is InChI=1S/C22H27N5O/c1-17-15-27(13-12-26(17)16-18-6-4-3-5-7-18)22-24-20(14-21(28)25(22)2)19-8-10-23-11-9-19/h3-10,14,17,23H,11-13,15-16H2,1-2H3/t17-/m0/s1. The van der Waals surface area contributed by atoms with Crippen LogP contribution in [-0.2, 0) is 13.6 Å². The van der Waals surface area contributed by atoms with Crippen molar-refractivity contribution in [2.75, 3.05) is 31.1 Å². The zero-order valence-electron chi connectivity index (χ0n) is 16.5. The van der Waals surface area contributed by atoms with E-state index in [-0.39, 0.29) is 5.56 Å². The third-order valence-corrected chi connectivity index (χ3v) is 5.50. The number of anilines is 1. The third kappa shape index (κ3) is 3.87. The van der Waals surface area contributed by atoms with E-state index >= 15 is 0 Å². The van der Waals surface area contributed by atoms with E-state index in [0.717, 1.165) is 49.9 Å². The van der Waals surface area contributed by atoms with Gasteiger partial charge in [0.05, 0.1) is 5.69 Å². The minimum atomic E-state index is -0.0211. The number of dihydropyridines is 1. The summed E-state index contributed by atoms with van der Waals surface area (Å²) in [6.07, 6.45) is 5.93. The van der Waals surface area contributed by atoms with Crippen molar-refractivity contribution in [1.82, 2.24) is 19.8 Å². The second-order valence-corrected chi connectivity index (χ2v) is 7.49. The molecule has 6 nitrogen and oxygen atoms in total. The number of allylic oxidation sites excluding steroid dienone is 2. The Hall–Kier alpha value is -2.86. The van der Waals surface area contributed by atoms with Gasteiger partial charge in [-0.05, 0) is 30.3 Å². The largest absolute Gasteiger partial charge is 0.387 e. The van der Waals surface area contributed by atoms with Crippen molar-refractivity contribution in [2.45, 2.75) is 19.5 Å². The molecule has 2 aliphatic heterocycles. The third-order valence-electron chi connectivity index (χ3n) is 5.50. The Labute approximate surface area is 165 Å². The highest BCUT2D eigenvalue weighted by Crippen LogP contribution is 2.21. The Kier molecular flexibility index (Phi) is 5.30. The van der Waals surface area contributed by atoms with Crippen molar-refractivity contribution in [3.8, 4) is 0 Å². The molecular formula is C22H27N5O. The smallest absolute Gasteiger partial charge is 0.255 e. The predicted octanol–water partition coefficient (Wildman–Crippen LogP) is 1.99. The van der Waals surface area contributed by atoms with Crippen LogP contribution in [0.1, 0.15) is 18.2 Å². The van der Waals surface area contributed by atoms with Gasteiger partial charge in [0.25, 0.3) is 5.56 Å². The minimum Gasteiger partial charge on any atom is -0.387 e. The van der Waals surface area contributed by atoms with Gasteiger partial charge in [0.15, 0.2) is 0 Å². The van der Waals surface area contributed by atoms with Crippen LogP contribution in [0.25, 0.3) is 5.57 Å². The van der Waals surface area contributed by atoms with E-state index in [2.05, 4.69) is 58.4 Å². The van der Waals surface area contributed by atoms with Crippen molar-refractivity contribution in [1.29, 1.82) is 0 Å². The molecule has 28 heavy (non-hydrogen) atoms. The molecule has 6 heteroatoms. The molecule has 2 aromatic rings. The first-order chi connectivity index (χ1) is 13.6. The van der Waals surface area contributed by atoms with Crippen molar-refractivity contribution in [3.05, 3.63) is 76.4 Å². The number of rotatable bonds is 4. The van der Waals surface area contributed by atoms with Crippen LogP contribution >= 0.6 is 0 Å². The van der Waals surface area contributed by atoms with Gasteiger partial charge < -0.3 is 10.2 Å². The van der Waals surface area contributed by atoms with Crippen LogP contribution in [0, 0.1) is 0 Å². The fourth-order valence-electron chi connectivity index (χ4n) is 3.83. The Bertz CT molecular complexity index is 947. The molecule has 0 spiro atoms. The first-order valence-corrected chi connectivity index (χ1v) is 9.83. The summed E-state index contributed by atoms with van der Waals surface area (Å²) < 4.78 is 1.66. The van der Waals surface area contributed by atoms with Gasteiger partial charge in [-0.1, -0.05) is 36.4 Å². The van der Waals surface area contributed by atoms with Gasteiger partial charge >= 0.3 is 0 Å².